The van der Waals surface area contributed by atoms with Crippen molar-refractivity contribution in [1.29, 1.82) is 0 Å². The van der Waals surface area contributed by atoms with Crippen molar-refractivity contribution in [2.75, 3.05) is 19.8 Å². The molecule has 0 radical (unpaired) electrons. The first-order chi connectivity index (χ1) is 7.45. The van der Waals surface area contributed by atoms with Crippen molar-refractivity contribution < 1.29 is 4.74 Å². The van der Waals surface area contributed by atoms with Crippen LogP contribution in [0.3, 0.4) is 0 Å². The summed E-state index contributed by atoms with van der Waals surface area (Å²) in [6.45, 7) is 3.66. The minimum Gasteiger partial charge on any atom is -0.378 e. The SMILES string of the molecule is c1cn(CCOCC2CCCCN2)cn1. The summed E-state index contributed by atoms with van der Waals surface area (Å²) in [5.41, 5.74) is 0. The minimum atomic E-state index is 0.571. The molecule has 1 saturated heterocycles. The summed E-state index contributed by atoms with van der Waals surface area (Å²) < 4.78 is 7.67. The van der Waals surface area contributed by atoms with Gasteiger partial charge in [0.2, 0.25) is 0 Å². The Balaban J connectivity index is 1.54. The van der Waals surface area contributed by atoms with Gasteiger partial charge in [-0.05, 0) is 19.4 Å². The smallest absolute Gasteiger partial charge is 0.0946 e. The molecule has 0 amide bonds. The molecule has 1 aromatic rings. The predicted octanol–water partition coefficient (Wildman–Crippen LogP) is 1.04. The van der Waals surface area contributed by atoms with Gasteiger partial charge in [0.25, 0.3) is 0 Å². The fourth-order valence-electron chi connectivity index (χ4n) is 1.88. The number of hydrogen-bond acceptors (Lipinski definition) is 3. The van der Waals surface area contributed by atoms with Crippen molar-refractivity contribution >= 4 is 0 Å². The van der Waals surface area contributed by atoms with Crippen molar-refractivity contribution in [2.45, 2.75) is 31.8 Å². The fourth-order valence-corrected chi connectivity index (χ4v) is 1.88. The molecule has 0 spiro atoms. The number of nitrogens with zero attached hydrogens (tertiary/aromatic N) is 2. The van der Waals surface area contributed by atoms with Crippen LogP contribution < -0.4 is 5.32 Å². The van der Waals surface area contributed by atoms with E-state index in [-0.39, 0.29) is 0 Å². The van der Waals surface area contributed by atoms with E-state index in [0.717, 1.165) is 26.3 Å². The summed E-state index contributed by atoms with van der Waals surface area (Å²) in [5.74, 6) is 0. The summed E-state index contributed by atoms with van der Waals surface area (Å²) >= 11 is 0. The number of piperidine rings is 1. The Morgan fingerprint density at radius 3 is 3.20 bits per heavy atom. The lowest BCUT2D eigenvalue weighted by molar-refractivity contribution is 0.0968. The van der Waals surface area contributed by atoms with Crippen LogP contribution in [0.2, 0.25) is 0 Å². The molecule has 2 rings (SSSR count). The Morgan fingerprint density at radius 2 is 2.47 bits per heavy atom. The third-order valence-electron chi connectivity index (χ3n) is 2.78. The van der Waals surface area contributed by atoms with Gasteiger partial charge in [-0.15, -0.1) is 0 Å². The van der Waals surface area contributed by atoms with Crippen molar-refractivity contribution in [3.05, 3.63) is 18.7 Å². The van der Waals surface area contributed by atoms with E-state index in [1.807, 2.05) is 17.1 Å². The van der Waals surface area contributed by atoms with Crippen LogP contribution in [0.1, 0.15) is 19.3 Å². The van der Waals surface area contributed by atoms with Gasteiger partial charge in [-0.1, -0.05) is 6.42 Å². The maximum absolute atomic E-state index is 5.64. The highest BCUT2D eigenvalue weighted by Crippen LogP contribution is 2.06. The summed E-state index contributed by atoms with van der Waals surface area (Å²) in [6, 6.07) is 0.571. The van der Waals surface area contributed by atoms with Gasteiger partial charge >= 0.3 is 0 Å². The van der Waals surface area contributed by atoms with Crippen LogP contribution in [0.5, 0.6) is 0 Å². The first-order valence-corrected chi connectivity index (χ1v) is 5.72. The maximum atomic E-state index is 5.64. The normalized spacial score (nSPS) is 21.7. The topological polar surface area (TPSA) is 39.1 Å². The molecule has 84 valence electrons. The van der Waals surface area contributed by atoms with E-state index in [0.29, 0.717) is 6.04 Å². The minimum absolute atomic E-state index is 0.571. The second-order valence-electron chi connectivity index (χ2n) is 4.02. The monoisotopic (exact) mass is 209 g/mol. The lowest BCUT2D eigenvalue weighted by Gasteiger charge is -2.23. The third-order valence-corrected chi connectivity index (χ3v) is 2.78. The fraction of sp³-hybridized carbons (Fsp3) is 0.727. The zero-order chi connectivity index (χ0) is 10.3. The van der Waals surface area contributed by atoms with Crippen molar-refractivity contribution in [2.24, 2.45) is 0 Å². The molecule has 1 atom stereocenters. The Bertz CT molecular complexity index is 255. The summed E-state index contributed by atoms with van der Waals surface area (Å²) in [6.07, 6.45) is 9.48. The van der Waals surface area contributed by atoms with E-state index in [1.54, 1.807) is 6.20 Å². The molecule has 4 nitrogen and oxygen atoms in total. The van der Waals surface area contributed by atoms with Gasteiger partial charge in [0, 0.05) is 25.0 Å². The van der Waals surface area contributed by atoms with E-state index in [9.17, 15) is 0 Å². The van der Waals surface area contributed by atoms with E-state index in [4.69, 9.17) is 4.74 Å². The molecule has 15 heavy (non-hydrogen) atoms. The maximum Gasteiger partial charge on any atom is 0.0946 e. The molecule has 0 aliphatic carbocycles. The molecular weight excluding hydrogens is 190 g/mol. The zero-order valence-electron chi connectivity index (χ0n) is 9.06. The molecular formula is C11H19N3O. The van der Waals surface area contributed by atoms with Gasteiger partial charge in [0.15, 0.2) is 0 Å². The largest absolute Gasteiger partial charge is 0.378 e. The molecule has 0 bridgehead atoms. The van der Waals surface area contributed by atoms with E-state index in [1.165, 1.54) is 19.3 Å². The lowest BCUT2D eigenvalue weighted by atomic mass is 10.1. The van der Waals surface area contributed by atoms with Gasteiger partial charge in [-0.25, -0.2) is 4.98 Å². The van der Waals surface area contributed by atoms with Crippen molar-refractivity contribution in [1.82, 2.24) is 14.9 Å². The Labute approximate surface area is 90.6 Å². The molecule has 1 aromatic heterocycles. The summed E-state index contributed by atoms with van der Waals surface area (Å²) in [7, 11) is 0. The first kappa shape index (κ1) is 10.6. The highest BCUT2D eigenvalue weighted by molar-refractivity contribution is 4.74. The van der Waals surface area contributed by atoms with Crippen LogP contribution in [0, 0.1) is 0 Å². The van der Waals surface area contributed by atoms with Crippen LogP contribution in [-0.4, -0.2) is 35.4 Å². The second kappa shape index (κ2) is 5.88. The van der Waals surface area contributed by atoms with Gasteiger partial charge < -0.3 is 14.6 Å². The first-order valence-electron chi connectivity index (χ1n) is 5.72. The highest BCUT2D eigenvalue weighted by Gasteiger charge is 2.11. The van der Waals surface area contributed by atoms with Crippen LogP contribution in [0.4, 0.5) is 0 Å². The zero-order valence-corrected chi connectivity index (χ0v) is 9.06. The van der Waals surface area contributed by atoms with Gasteiger partial charge in [-0.3, -0.25) is 0 Å². The molecule has 1 fully saturated rings. The van der Waals surface area contributed by atoms with Gasteiger partial charge in [-0.2, -0.15) is 0 Å². The number of hydrogen-bond donors (Lipinski definition) is 1. The Kier molecular flexibility index (Phi) is 4.17. The predicted molar refractivity (Wildman–Crippen MR) is 58.7 cm³/mol. The molecule has 0 saturated carbocycles. The third kappa shape index (κ3) is 3.64. The van der Waals surface area contributed by atoms with Crippen LogP contribution in [-0.2, 0) is 11.3 Å². The highest BCUT2D eigenvalue weighted by atomic mass is 16.5. The molecule has 2 heterocycles. The van der Waals surface area contributed by atoms with Crippen LogP contribution in [0.25, 0.3) is 0 Å². The van der Waals surface area contributed by atoms with Crippen LogP contribution >= 0.6 is 0 Å². The molecule has 1 unspecified atom stereocenters. The average Bonchev–Trinajstić information content (AvgIpc) is 2.79. The van der Waals surface area contributed by atoms with Crippen molar-refractivity contribution in [3.63, 3.8) is 0 Å². The number of nitrogens with one attached hydrogen (secondary N) is 1. The second-order valence-corrected chi connectivity index (χ2v) is 4.02. The lowest BCUT2D eigenvalue weighted by Crippen LogP contribution is -2.37. The molecule has 4 heteroatoms. The number of rotatable bonds is 5. The van der Waals surface area contributed by atoms with Gasteiger partial charge in [0.1, 0.15) is 0 Å². The standard InChI is InChI=1S/C11H19N3O/c1-2-4-13-11(3-1)9-15-8-7-14-6-5-12-10-14/h5-6,10-11,13H,1-4,7-9H2. The average molecular weight is 209 g/mol. The van der Waals surface area contributed by atoms with E-state index < -0.39 is 0 Å². The molecule has 1 aliphatic heterocycles. The molecule has 0 aromatic carbocycles. The Morgan fingerprint density at radius 1 is 1.47 bits per heavy atom. The van der Waals surface area contributed by atoms with Gasteiger partial charge in [0.05, 0.1) is 19.5 Å². The number of ether oxygens (including phenoxy) is 1. The van der Waals surface area contributed by atoms with E-state index >= 15 is 0 Å². The summed E-state index contributed by atoms with van der Waals surface area (Å²) in [5, 5.41) is 3.47. The molecule has 1 N–H and O–H groups in total. The summed E-state index contributed by atoms with van der Waals surface area (Å²) in [4.78, 5) is 3.99. The number of aromatic nitrogens is 2. The van der Waals surface area contributed by atoms with Crippen LogP contribution in [0.15, 0.2) is 18.7 Å². The number of imidazole rings is 1. The Hall–Kier alpha value is -0.870. The van der Waals surface area contributed by atoms with Crippen molar-refractivity contribution in [3.8, 4) is 0 Å². The molecule has 1 aliphatic rings. The van der Waals surface area contributed by atoms with E-state index in [2.05, 4.69) is 10.3 Å². The quantitative estimate of drug-likeness (QED) is 0.736.